The number of nitrogens with zero attached hydrogens (tertiary/aromatic N) is 1. The second-order valence-corrected chi connectivity index (χ2v) is 12.3. The van der Waals surface area contributed by atoms with Crippen LogP contribution in [0, 0.1) is 30.6 Å². The monoisotopic (exact) mass is 483 g/mol. The highest BCUT2D eigenvalue weighted by Gasteiger charge is 2.67. The molecule has 8 rings (SSSR count). The molecule has 192 valence electrons. The Kier molecular flexibility index (Phi) is 5.90. The first-order chi connectivity index (χ1) is 17.1. The van der Waals surface area contributed by atoms with Gasteiger partial charge in [-0.3, -0.25) is 4.90 Å². The minimum Gasteiger partial charge on any atom is -0.492 e. The molecule has 2 spiro atoms. The maximum atomic E-state index is 6.99. The Hall–Kier alpha value is -1.18. The third-order valence-electron chi connectivity index (χ3n) is 10.1. The van der Waals surface area contributed by atoms with Crippen molar-refractivity contribution >= 4 is 0 Å². The second-order valence-electron chi connectivity index (χ2n) is 12.3. The molecule has 1 aromatic rings. The smallest absolute Gasteiger partial charge is 0.210 e. The van der Waals surface area contributed by atoms with E-state index in [1.807, 2.05) is 0 Å². The zero-order chi connectivity index (χ0) is 23.5. The zero-order valence-corrected chi connectivity index (χ0v) is 21.2. The number of morpholine rings is 1. The van der Waals surface area contributed by atoms with E-state index < -0.39 is 11.6 Å². The summed E-state index contributed by atoms with van der Waals surface area (Å²) in [7, 11) is 0. The van der Waals surface area contributed by atoms with E-state index in [1.54, 1.807) is 0 Å². The van der Waals surface area contributed by atoms with Gasteiger partial charge in [-0.05, 0) is 86.8 Å². The van der Waals surface area contributed by atoms with Crippen molar-refractivity contribution in [3.05, 3.63) is 29.3 Å². The highest BCUT2D eigenvalue weighted by Crippen LogP contribution is 2.64. The molecule has 1 aromatic carbocycles. The van der Waals surface area contributed by atoms with Crippen LogP contribution in [0.4, 0.5) is 0 Å². The van der Waals surface area contributed by atoms with Crippen molar-refractivity contribution in [3.63, 3.8) is 0 Å². The van der Waals surface area contributed by atoms with E-state index in [0.717, 1.165) is 76.3 Å². The molecule has 2 atom stereocenters. The highest BCUT2D eigenvalue weighted by molar-refractivity contribution is 5.38. The summed E-state index contributed by atoms with van der Waals surface area (Å²) in [5.41, 5.74) is 2.59. The van der Waals surface area contributed by atoms with Gasteiger partial charge in [0, 0.05) is 44.3 Å². The normalized spacial score (nSPS) is 42.8. The average Bonchev–Trinajstić information content (AvgIpc) is 3.23. The Labute approximate surface area is 209 Å². The summed E-state index contributed by atoms with van der Waals surface area (Å²) in [6.45, 7) is 7.51. The fourth-order valence-electron chi connectivity index (χ4n) is 8.46. The first-order valence-corrected chi connectivity index (χ1v) is 14.2. The molecule has 0 amide bonds. The van der Waals surface area contributed by atoms with E-state index >= 15 is 0 Å². The number of ether oxygens (including phenoxy) is 3. The summed E-state index contributed by atoms with van der Waals surface area (Å²) in [6, 6.07) is 6.74. The molecule has 0 radical (unpaired) electrons. The predicted octanol–water partition coefficient (Wildman–Crippen LogP) is 5.19. The van der Waals surface area contributed by atoms with Crippen LogP contribution < -0.4 is 4.74 Å². The van der Waals surface area contributed by atoms with Gasteiger partial charge in [0.25, 0.3) is 0 Å². The molecule has 6 nitrogen and oxygen atoms in total. The van der Waals surface area contributed by atoms with E-state index in [4.69, 9.17) is 24.0 Å². The van der Waals surface area contributed by atoms with Crippen LogP contribution in [0.15, 0.2) is 18.2 Å². The third-order valence-corrected chi connectivity index (χ3v) is 10.1. The molecule has 2 saturated heterocycles. The van der Waals surface area contributed by atoms with Gasteiger partial charge < -0.3 is 14.2 Å². The van der Waals surface area contributed by atoms with Crippen LogP contribution in [-0.4, -0.2) is 55.9 Å². The van der Waals surface area contributed by atoms with Crippen molar-refractivity contribution in [2.45, 2.75) is 82.2 Å². The van der Waals surface area contributed by atoms with E-state index in [1.165, 1.54) is 49.7 Å². The molecule has 0 aromatic heterocycles. The van der Waals surface area contributed by atoms with Crippen molar-refractivity contribution in [3.8, 4) is 5.75 Å². The van der Waals surface area contributed by atoms with E-state index in [-0.39, 0.29) is 0 Å². The lowest BCUT2D eigenvalue weighted by Crippen LogP contribution is -2.59. The molecule has 35 heavy (non-hydrogen) atoms. The van der Waals surface area contributed by atoms with Gasteiger partial charge in [0.05, 0.1) is 13.2 Å². The molecular weight excluding hydrogens is 442 g/mol. The molecule has 4 bridgehead atoms. The van der Waals surface area contributed by atoms with Crippen LogP contribution in [0.2, 0.25) is 0 Å². The minimum absolute atomic E-state index is 0.431. The van der Waals surface area contributed by atoms with Crippen LogP contribution in [0.5, 0.6) is 5.75 Å². The first kappa shape index (κ1) is 23.0. The van der Waals surface area contributed by atoms with Crippen LogP contribution in [0.25, 0.3) is 0 Å². The van der Waals surface area contributed by atoms with Crippen LogP contribution in [-0.2, 0) is 19.2 Å². The molecule has 2 heterocycles. The summed E-state index contributed by atoms with van der Waals surface area (Å²) < 4.78 is 18.6. The van der Waals surface area contributed by atoms with Gasteiger partial charge in [0.1, 0.15) is 12.4 Å². The topological polar surface area (TPSA) is 49.4 Å². The Morgan fingerprint density at radius 2 is 1.77 bits per heavy atom. The Morgan fingerprint density at radius 3 is 2.51 bits per heavy atom. The second kappa shape index (κ2) is 8.98. The van der Waals surface area contributed by atoms with E-state index in [2.05, 4.69) is 30.0 Å². The van der Waals surface area contributed by atoms with Crippen molar-refractivity contribution in [2.24, 2.45) is 23.7 Å². The summed E-state index contributed by atoms with van der Waals surface area (Å²) in [6.07, 6.45) is 10.6. The number of hydrogen-bond acceptors (Lipinski definition) is 6. The Balaban J connectivity index is 1.01. The number of aryl methyl sites for hydroxylation is 1. The maximum Gasteiger partial charge on any atom is 0.210 e. The van der Waals surface area contributed by atoms with E-state index in [0.29, 0.717) is 17.8 Å². The maximum absolute atomic E-state index is 6.99. The van der Waals surface area contributed by atoms with E-state index in [9.17, 15) is 0 Å². The lowest BCUT2D eigenvalue weighted by Gasteiger charge is -2.57. The Morgan fingerprint density at radius 1 is 1.00 bits per heavy atom. The van der Waals surface area contributed by atoms with Crippen molar-refractivity contribution in [1.82, 2.24) is 4.90 Å². The lowest BCUT2D eigenvalue weighted by molar-refractivity contribution is -0.390. The molecule has 5 saturated carbocycles. The highest BCUT2D eigenvalue weighted by atomic mass is 17.3. The molecule has 2 aliphatic heterocycles. The third kappa shape index (κ3) is 4.14. The molecule has 6 heteroatoms. The predicted molar refractivity (Wildman–Crippen MR) is 131 cm³/mol. The number of hydrogen-bond donors (Lipinski definition) is 0. The van der Waals surface area contributed by atoms with Gasteiger partial charge in [0.15, 0.2) is 0 Å². The van der Waals surface area contributed by atoms with Gasteiger partial charge in [-0.2, -0.15) is 9.78 Å². The quantitative estimate of drug-likeness (QED) is 0.537. The molecule has 0 N–H and O–H groups in total. The fourth-order valence-corrected chi connectivity index (χ4v) is 8.46. The Bertz CT molecular complexity index is 902. The zero-order valence-electron chi connectivity index (χ0n) is 21.2. The summed E-state index contributed by atoms with van der Waals surface area (Å²) in [4.78, 5) is 14.9. The minimum atomic E-state index is -0.570. The molecule has 5 aliphatic carbocycles. The average molecular weight is 484 g/mol. The van der Waals surface area contributed by atoms with Crippen LogP contribution in [0.3, 0.4) is 0 Å². The van der Waals surface area contributed by atoms with Gasteiger partial charge >= 0.3 is 0 Å². The van der Waals surface area contributed by atoms with Gasteiger partial charge in [-0.1, -0.05) is 12.1 Å². The van der Waals surface area contributed by atoms with Crippen LogP contribution >= 0.6 is 0 Å². The van der Waals surface area contributed by atoms with Crippen molar-refractivity contribution < 1.29 is 24.0 Å². The standard InChI is InChI=1S/C29H41NO5/c1-20-13-23(4-5-27(20)32-12-9-30-7-10-31-11-8-30)24-3-2-6-28(19-24)33-29(35-34-28)25-15-21-14-22(17-25)18-26(29)16-21/h4-5,13,21-22,24-26H,2-3,6-12,14-19H2,1H3/t21?,22?,24-,25?,26?,28-,29?/m1/s1. The first-order valence-electron chi connectivity index (χ1n) is 14.2. The molecule has 7 fully saturated rings. The summed E-state index contributed by atoms with van der Waals surface area (Å²) >= 11 is 0. The summed E-state index contributed by atoms with van der Waals surface area (Å²) in [5, 5.41) is 0. The summed E-state index contributed by atoms with van der Waals surface area (Å²) in [5.74, 6) is 3.22. The van der Waals surface area contributed by atoms with Gasteiger partial charge in [-0.25, -0.2) is 0 Å². The molecular formula is C29H41NO5. The van der Waals surface area contributed by atoms with Crippen molar-refractivity contribution in [1.29, 1.82) is 0 Å². The number of rotatable bonds is 5. The number of benzene rings is 1. The lowest BCUT2D eigenvalue weighted by atomic mass is 9.53. The van der Waals surface area contributed by atoms with Crippen LogP contribution in [0.1, 0.15) is 74.8 Å². The van der Waals surface area contributed by atoms with Crippen molar-refractivity contribution in [2.75, 3.05) is 39.5 Å². The molecule has 0 unspecified atom stereocenters. The largest absolute Gasteiger partial charge is 0.492 e. The molecule has 7 aliphatic rings. The van der Waals surface area contributed by atoms with Gasteiger partial charge in [-0.15, -0.1) is 0 Å². The van der Waals surface area contributed by atoms with Gasteiger partial charge in [0.2, 0.25) is 11.6 Å². The SMILES string of the molecule is Cc1cc([C@@H]2CCC[C@]3(C2)OOC2(O3)C3CC4CC(C3)CC2C4)ccc1OCCN1CCOCC1. The fraction of sp³-hybridized carbons (Fsp3) is 0.793.